The fraction of sp³-hybridized carbons (Fsp3) is 0.0714. The Morgan fingerprint density at radius 2 is 1.78 bits per heavy atom. The van der Waals surface area contributed by atoms with Gasteiger partial charge < -0.3 is 15.4 Å². The number of halogens is 1. The minimum atomic E-state index is -3.79. The van der Waals surface area contributed by atoms with E-state index in [-0.39, 0.29) is 16.3 Å². The molecule has 122 valence electrons. The van der Waals surface area contributed by atoms with Gasteiger partial charge in [0.05, 0.1) is 17.7 Å². The van der Waals surface area contributed by atoms with E-state index in [4.69, 9.17) is 9.88 Å². The van der Waals surface area contributed by atoms with Crippen LogP contribution in [0.2, 0.25) is 0 Å². The average molecular weight is 339 g/mol. The number of rotatable bonds is 4. The number of anilines is 2. The van der Waals surface area contributed by atoms with Crippen molar-refractivity contribution in [3.8, 4) is 5.75 Å². The van der Waals surface area contributed by atoms with Crippen LogP contribution in [0, 0.1) is 5.82 Å². The summed E-state index contributed by atoms with van der Waals surface area (Å²) in [6.07, 6.45) is 0. The average Bonchev–Trinajstić information content (AvgIpc) is 2.48. The van der Waals surface area contributed by atoms with Gasteiger partial charge in [-0.15, -0.1) is 0 Å². The number of ether oxygens (including phenoxy) is 1. The first-order chi connectivity index (χ1) is 10.8. The Morgan fingerprint density at radius 3 is 2.35 bits per heavy atom. The van der Waals surface area contributed by atoms with Crippen LogP contribution >= 0.6 is 0 Å². The Morgan fingerprint density at radius 1 is 1.13 bits per heavy atom. The maximum absolute atomic E-state index is 13.1. The van der Waals surface area contributed by atoms with Crippen molar-refractivity contribution in [3.63, 3.8) is 0 Å². The molecule has 0 aliphatic rings. The van der Waals surface area contributed by atoms with Gasteiger partial charge in [-0.1, -0.05) is 0 Å². The van der Waals surface area contributed by atoms with Gasteiger partial charge in [0.25, 0.3) is 0 Å². The molecule has 0 bridgehead atoms. The van der Waals surface area contributed by atoms with E-state index < -0.39 is 21.9 Å². The molecule has 0 spiro atoms. The third kappa shape index (κ3) is 4.41. The lowest BCUT2D eigenvalue weighted by atomic mass is 10.3. The van der Waals surface area contributed by atoms with Crippen LogP contribution in [-0.2, 0) is 10.0 Å². The molecule has 2 aromatic rings. The quantitative estimate of drug-likeness (QED) is 0.792. The highest BCUT2D eigenvalue weighted by atomic mass is 32.2. The molecule has 0 aliphatic heterocycles. The summed E-state index contributed by atoms with van der Waals surface area (Å²) in [6, 6.07) is 8.39. The molecular formula is C14H14FN3O4S. The smallest absolute Gasteiger partial charge is 0.323 e. The van der Waals surface area contributed by atoms with Crippen molar-refractivity contribution < 1.29 is 22.3 Å². The molecular weight excluding hydrogens is 325 g/mol. The van der Waals surface area contributed by atoms with Gasteiger partial charge in [0, 0.05) is 11.8 Å². The van der Waals surface area contributed by atoms with Crippen molar-refractivity contribution in [1.82, 2.24) is 0 Å². The Bertz CT molecular complexity index is 822. The number of benzene rings is 2. The van der Waals surface area contributed by atoms with Crippen molar-refractivity contribution in [2.75, 3.05) is 17.7 Å². The minimum Gasteiger partial charge on any atom is -0.494 e. The number of urea groups is 1. The van der Waals surface area contributed by atoms with Gasteiger partial charge in [0.1, 0.15) is 11.6 Å². The third-order valence-electron chi connectivity index (χ3n) is 2.85. The number of nitrogens with one attached hydrogen (secondary N) is 2. The fourth-order valence-electron chi connectivity index (χ4n) is 1.78. The molecule has 0 fully saturated rings. The lowest BCUT2D eigenvalue weighted by Crippen LogP contribution is -2.20. The number of carbonyl (C=O) groups is 1. The molecule has 2 rings (SSSR count). The first-order valence-corrected chi connectivity index (χ1v) is 7.88. The summed E-state index contributed by atoms with van der Waals surface area (Å²) in [5.41, 5.74) is 0.642. The van der Waals surface area contributed by atoms with Crippen molar-refractivity contribution in [1.29, 1.82) is 0 Å². The number of amides is 2. The molecule has 0 atom stereocenters. The predicted molar refractivity (Wildman–Crippen MR) is 83.4 cm³/mol. The molecule has 9 heteroatoms. The molecule has 0 aliphatic carbocycles. The van der Waals surface area contributed by atoms with E-state index in [0.29, 0.717) is 5.69 Å². The lowest BCUT2D eigenvalue weighted by molar-refractivity contribution is 0.262. The number of sulfonamides is 1. The highest BCUT2D eigenvalue weighted by molar-refractivity contribution is 7.89. The summed E-state index contributed by atoms with van der Waals surface area (Å²) >= 11 is 0. The summed E-state index contributed by atoms with van der Waals surface area (Å²) in [5.74, 6) is -0.323. The van der Waals surface area contributed by atoms with E-state index in [1.54, 1.807) is 0 Å². The molecule has 2 amide bonds. The van der Waals surface area contributed by atoms with E-state index in [1.807, 2.05) is 0 Å². The first kappa shape index (κ1) is 16.7. The zero-order valence-corrected chi connectivity index (χ0v) is 12.9. The van der Waals surface area contributed by atoms with E-state index in [0.717, 1.165) is 6.07 Å². The number of carbonyl (C=O) groups excluding carboxylic acids is 1. The van der Waals surface area contributed by atoms with Gasteiger partial charge in [-0.2, -0.15) is 0 Å². The molecule has 0 heterocycles. The topological polar surface area (TPSA) is 111 Å². The molecule has 4 N–H and O–H groups in total. The molecule has 0 saturated heterocycles. The Hall–Kier alpha value is -2.65. The summed E-state index contributed by atoms with van der Waals surface area (Å²) in [7, 11) is -2.44. The molecule has 0 unspecified atom stereocenters. The lowest BCUT2D eigenvalue weighted by Gasteiger charge is -2.11. The van der Waals surface area contributed by atoms with Crippen LogP contribution < -0.4 is 20.5 Å². The van der Waals surface area contributed by atoms with Crippen LogP contribution in [0.4, 0.5) is 20.6 Å². The van der Waals surface area contributed by atoms with E-state index in [2.05, 4.69) is 10.6 Å². The van der Waals surface area contributed by atoms with Gasteiger partial charge in [-0.05, 0) is 36.4 Å². The van der Waals surface area contributed by atoms with Crippen LogP contribution in [0.25, 0.3) is 0 Å². The second-order valence-electron chi connectivity index (χ2n) is 4.49. The van der Waals surface area contributed by atoms with Gasteiger partial charge in [-0.25, -0.2) is 22.7 Å². The van der Waals surface area contributed by atoms with Crippen molar-refractivity contribution >= 4 is 27.4 Å². The van der Waals surface area contributed by atoms with Crippen molar-refractivity contribution in [2.24, 2.45) is 5.14 Å². The number of methoxy groups -OCH3 is 1. The zero-order valence-electron chi connectivity index (χ0n) is 12.0. The molecule has 7 nitrogen and oxygen atoms in total. The maximum atomic E-state index is 13.1. The summed E-state index contributed by atoms with van der Waals surface area (Å²) in [6.45, 7) is 0. The predicted octanol–water partition coefficient (Wildman–Crippen LogP) is 2.13. The fourth-order valence-corrected chi connectivity index (χ4v) is 2.30. The van der Waals surface area contributed by atoms with E-state index in [9.17, 15) is 17.6 Å². The van der Waals surface area contributed by atoms with Crippen molar-refractivity contribution in [3.05, 3.63) is 48.3 Å². The van der Waals surface area contributed by atoms with Crippen LogP contribution in [0.15, 0.2) is 47.4 Å². The Labute approximate surface area is 132 Å². The van der Waals surface area contributed by atoms with E-state index in [1.165, 1.54) is 43.5 Å². The summed E-state index contributed by atoms with van der Waals surface area (Å²) < 4.78 is 40.3. The molecule has 0 saturated carbocycles. The number of hydrogen-bond donors (Lipinski definition) is 3. The van der Waals surface area contributed by atoms with E-state index >= 15 is 0 Å². The number of primary sulfonamides is 1. The van der Waals surface area contributed by atoms with Crippen LogP contribution in [0.3, 0.4) is 0 Å². The Balaban J connectivity index is 2.08. The molecule has 2 aromatic carbocycles. The zero-order chi connectivity index (χ0) is 17.0. The van der Waals surface area contributed by atoms with Crippen LogP contribution in [0.1, 0.15) is 0 Å². The highest BCUT2D eigenvalue weighted by Gasteiger charge is 2.10. The monoisotopic (exact) mass is 339 g/mol. The number of nitrogens with two attached hydrogens (primary N) is 1. The highest BCUT2D eigenvalue weighted by Crippen LogP contribution is 2.25. The molecule has 23 heavy (non-hydrogen) atoms. The molecule has 0 radical (unpaired) electrons. The van der Waals surface area contributed by atoms with Gasteiger partial charge in [0.2, 0.25) is 10.0 Å². The van der Waals surface area contributed by atoms with Crippen molar-refractivity contribution in [2.45, 2.75) is 4.90 Å². The van der Waals surface area contributed by atoms with Gasteiger partial charge >= 0.3 is 6.03 Å². The maximum Gasteiger partial charge on any atom is 0.323 e. The normalized spacial score (nSPS) is 10.9. The molecule has 0 aromatic heterocycles. The largest absolute Gasteiger partial charge is 0.494 e. The van der Waals surface area contributed by atoms with Gasteiger partial charge in [0.15, 0.2) is 0 Å². The van der Waals surface area contributed by atoms with Crippen LogP contribution in [0.5, 0.6) is 5.75 Å². The summed E-state index contributed by atoms with van der Waals surface area (Å²) in [5, 5.41) is 9.98. The van der Waals surface area contributed by atoms with Gasteiger partial charge in [-0.3, -0.25) is 0 Å². The Kier molecular flexibility index (Phi) is 4.82. The second kappa shape index (κ2) is 6.63. The third-order valence-corrected chi connectivity index (χ3v) is 3.78. The SMILES string of the molecule is COc1cc(F)ccc1NC(=O)Nc1ccc(S(N)(=O)=O)cc1. The van der Waals surface area contributed by atoms with Crippen LogP contribution in [-0.4, -0.2) is 21.6 Å². The number of hydrogen-bond acceptors (Lipinski definition) is 4. The summed E-state index contributed by atoms with van der Waals surface area (Å²) in [4.78, 5) is 11.8. The second-order valence-corrected chi connectivity index (χ2v) is 6.05. The standard InChI is InChI=1S/C14H14FN3O4S/c1-22-13-8-9(15)2-7-12(13)18-14(19)17-10-3-5-11(6-4-10)23(16,20)21/h2-8H,1H3,(H2,16,20,21)(H2,17,18,19). The first-order valence-electron chi connectivity index (χ1n) is 6.34. The minimum absolute atomic E-state index is 0.0661.